The second-order valence-electron chi connectivity index (χ2n) is 11.2. The van der Waals surface area contributed by atoms with Crippen LogP contribution in [0.25, 0.3) is 11.3 Å². The second kappa shape index (κ2) is 10.5. The number of amides is 3. The summed E-state index contributed by atoms with van der Waals surface area (Å²) in [6, 6.07) is 13.1. The average molecular weight is 515 g/mol. The third-order valence-corrected chi connectivity index (χ3v) is 7.24. The fourth-order valence-electron chi connectivity index (χ4n) is 5.24. The van der Waals surface area contributed by atoms with Crippen molar-refractivity contribution in [1.29, 1.82) is 0 Å². The molecule has 2 fully saturated rings. The summed E-state index contributed by atoms with van der Waals surface area (Å²) < 4.78 is 6.07. The number of hydrogen-bond acceptors (Lipinski definition) is 6. The van der Waals surface area contributed by atoms with Crippen LogP contribution in [0, 0.1) is 12.3 Å². The van der Waals surface area contributed by atoms with Crippen LogP contribution in [-0.4, -0.2) is 47.2 Å². The van der Waals surface area contributed by atoms with Gasteiger partial charge in [0.25, 0.3) is 0 Å². The zero-order chi connectivity index (χ0) is 26.9. The molecule has 3 amide bonds. The SMILES string of the molecule is Cc1ccc(NC(=O)CN2CCCC2)cc1Cc1ncc(-c2cccc(N3C(=O)CC(C)(C)CC3=O)c2)o1. The molecule has 1 N–H and O–H groups in total. The van der Waals surface area contributed by atoms with Gasteiger partial charge in [0.15, 0.2) is 11.7 Å². The first-order chi connectivity index (χ1) is 18.2. The Balaban J connectivity index is 1.29. The minimum atomic E-state index is -0.325. The van der Waals surface area contributed by atoms with Gasteiger partial charge in [-0.05, 0) is 73.7 Å². The van der Waals surface area contributed by atoms with Gasteiger partial charge in [0.1, 0.15) is 0 Å². The molecule has 2 aromatic carbocycles. The Hall–Kier alpha value is -3.78. The van der Waals surface area contributed by atoms with Crippen LogP contribution in [0.15, 0.2) is 53.1 Å². The highest BCUT2D eigenvalue weighted by Crippen LogP contribution is 2.35. The van der Waals surface area contributed by atoms with Crippen LogP contribution in [0.1, 0.15) is 56.5 Å². The molecule has 0 radical (unpaired) electrons. The van der Waals surface area contributed by atoms with Gasteiger partial charge >= 0.3 is 0 Å². The first-order valence-electron chi connectivity index (χ1n) is 13.2. The first-order valence-corrected chi connectivity index (χ1v) is 13.2. The molecule has 2 aliphatic heterocycles. The topological polar surface area (TPSA) is 95.8 Å². The summed E-state index contributed by atoms with van der Waals surface area (Å²) in [6.07, 6.45) is 5.08. The molecule has 3 heterocycles. The maximum atomic E-state index is 12.7. The zero-order valence-electron chi connectivity index (χ0n) is 22.3. The summed E-state index contributed by atoms with van der Waals surface area (Å²) >= 11 is 0. The lowest BCUT2D eigenvalue weighted by Crippen LogP contribution is -2.46. The maximum Gasteiger partial charge on any atom is 0.238 e. The van der Waals surface area contributed by atoms with Gasteiger partial charge in [0, 0.05) is 30.5 Å². The normalized spacial score (nSPS) is 17.7. The molecule has 0 aliphatic carbocycles. The number of anilines is 2. The number of aromatic nitrogens is 1. The molecular weight excluding hydrogens is 480 g/mol. The highest BCUT2D eigenvalue weighted by molar-refractivity contribution is 6.17. The number of hydrogen-bond donors (Lipinski definition) is 1. The second-order valence-corrected chi connectivity index (χ2v) is 11.2. The van der Waals surface area contributed by atoms with E-state index in [2.05, 4.69) is 15.2 Å². The molecule has 198 valence electrons. The lowest BCUT2D eigenvalue weighted by atomic mass is 9.81. The van der Waals surface area contributed by atoms with E-state index in [1.165, 1.54) is 4.90 Å². The zero-order valence-corrected chi connectivity index (χ0v) is 22.3. The fourth-order valence-corrected chi connectivity index (χ4v) is 5.24. The number of rotatable bonds is 7. The standard InChI is InChI=1S/C30H34N4O4/c1-20-9-10-23(32-26(35)19-33-11-4-5-12-33)13-22(20)15-27-31-18-25(38-27)21-7-6-8-24(14-21)34-28(36)16-30(2,3)17-29(34)37/h6-10,13-14,18H,4-5,11-12,15-17,19H2,1-3H3,(H,32,35). The van der Waals surface area contributed by atoms with Crippen LogP contribution in [0.2, 0.25) is 0 Å². The summed E-state index contributed by atoms with van der Waals surface area (Å²) in [6.45, 7) is 8.26. The molecule has 2 aliphatic rings. The highest BCUT2D eigenvalue weighted by atomic mass is 16.4. The predicted molar refractivity (Wildman–Crippen MR) is 146 cm³/mol. The number of aryl methyl sites for hydroxylation is 1. The number of nitrogens with zero attached hydrogens (tertiary/aromatic N) is 3. The van der Waals surface area contributed by atoms with Crippen molar-refractivity contribution >= 4 is 29.1 Å². The lowest BCUT2D eigenvalue weighted by Gasteiger charge is -2.34. The monoisotopic (exact) mass is 514 g/mol. The molecule has 1 aromatic heterocycles. The molecular formula is C30H34N4O4. The van der Waals surface area contributed by atoms with Gasteiger partial charge in [0.05, 0.1) is 18.4 Å². The molecule has 8 nitrogen and oxygen atoms in total. The fraction of sp³-hybridized carbons (Fsp3) is 0.400. The smallest absolute Gasteiger partial charge is 0.238 e. The van der Waals surface area contributed by atoms with Crippen LogP contribution in [-0.2, 0) is 20.8 Å². The Bertz CT molecular complexity index is 1350. The number of piperidine rings is 1. The van der Waals surface area contributed by atoms with E-state index in [0.29, 0.717) is 43.1 Å². The Labute approximate surface area is 223 Å². The van der Waals surface area contributed by atoms with Crippen molar-refractivity contribution in [3.05, 3.63) is 65.7 Å². The quantitative estimate of drug-likeness (QED) is 0.448. The van der Waals surface area contributed by atoms with Gasteiger partial charge in [-0.1, -0.05) is 32.0 Å². The molecule has 8 heteroatoms. The van der Waals surface area contributed by atoms with Gasteiger partial charge in [-0.15, -0.1) is 0 Å². The molecule has 38 heavy (non-hydrogen) atoms. The van der Waals surface area contributed by atoms with Crippen LogP contribution < -0.4 is 10.2 Å². The van der Waals surface area contributed by atoms with Crippen LogP contribution >= 0.6 is 0 Å². The molecule has 2 saturated heterocycles. The van der Waals surface area contributed by atoms with E-state index in [9.17, 15) is 14.4 Å². The molecule has 5 rings (SSSR count). The van der Waals surface area contributed by atoms with Crippen LogP contribution in [0.3, 0.4) is 0 Å². The third-order valence-electron chi connectivity index (χ3n) is 7.24. The van der Waals surface area contributed by atoms with Crippen molar-refractivity contribution in [3.63, 3.8) is 0 Å². The van der Waals surface area contributed by atoms with E-state index in [-0.39, 0.29) is 23.1 Å². The minimum absolute atomic E-state index is 0.00535. The van der Waals surface area contributed by atoms with Crippen molar-refractivity contribution in [2.24, 2.45) is 5.41 Å². The minimum Gasteiger partial charge on any atom is -0.440 e. The molecule has 0 bridgehead atoms. The lowest BCUT2D eigenvalue weighted by molar-refractivity contribution is -0.132. The first kappa shape index (κ1) is 25.9. The van der Waals surface area contributed by atoms with Crippen LogP contribution in [0.5, 0.6) is 0 Å². The van der Waals surface area contributed by atoms with E-state index < -0.39 is 0 Å². The Morgan fingerprint density at radius 2 is 1.79 bits per heavy atom. The van der Waals surface area contributed by atoms with E-state index in [1.54, 1.807) is 18.3 Å². The summed E-state index contributed by atoms with van der Waals surface area (Å²) in [5, 5.41) is 3.01. The maximum absolute atomic E-state index is 12.7. The van der Waals surface area contributed by atoms with E-state index >= 15 is 0 Å². The van der Waals surface area contributed by atoms with Crippen molar-refractivity contribution in [2.45, 2.75) is 52.9 Å². The average Bonchev–Trinajstić information content (AvgIpc) is 3.52. The predicted octanol–water partition coefficient (Wildman–Crippen LogP) is 4.95. The number of carbonyl (C=O) groups excluding carboxylic acids is 3. The molecule has 0 spiro atoms. The van der Waals surface area contributed by atoms with Crippen molar-refractivity contribution in [3.8, 4) is 11.3 Å². The highest BCUT2D eigenvalue weighted by Gasteiger charge is 2.38. The largest absolute Gasteiger partial charge is 0.440 e. The van der Waals surface area contributed by atoms with Gasteiger partial charge in [-0.25, -0.2) is 4.98 Å². The number of oxazole rings is 1. The number of imide groups is 1. The van der Waals surface area contributed by atoms with Crippen molar-refractivity contribution < 1.29 is 18.8 Å². The third kappa shape index (κ3) is 5.86. The molecule has 0 atom stereocenters. The van der Waals surface area contributed by atoms with E-state index in [0.717, 1.165) is 48.3 Å². The van der Waals surface area contributed by atoms with Gasteiger partial charge in [0.2, 0.25) is 17.7 Å². The van der Waals surface area contributed by atoms with Gasteiger partial charge in [-0.3, -0.25) is 24.2 Å². The van der Waals surface area contributed by atoms with Crippen LogP contribution in [0.4, 0.5) is 11.4 Å². The summed E-state index contributed by atoms with van der Waals surface area (Å²) in [4.78, 5) is 45.8. The van der Waals surface area contributed by atoms with Gasteiger partial charge < -0.3 is 9.73 Å². The summed E-state index contributed by atoms with van der Waals surface area (Å²) in [5.41, 5.74) is 3.81. The number of likely N-dealkylation sites (tertiary alicyclic amines) is 1. The van der Waals surface area contributed by atoms with E-state index in [1.807, 2.05) is 51.1 Å². The Kier molecular flexibility index (Phi) is 7.17. The molecule has 0 saturated carbocycles. The van der Waals surface area contributed by atoms with Crippen molar-refractivity contribution in [1.82, 2.24) is 9.88 Å². The Morgan fingerprint density at radius 1 is 1.05 bits per heavy atom. The van der Waals surface area contributed by atoms with Gasteiger partial charge in [-0.2, -0.15) is 0 Å². The summed E-state index contributed by atoms with van der Waals surface area (Å²) in [7, 11) is 0. The summed E-state index contributed by atoms with van der Waals surface area (Å²) in [5.74, 6) is 0.719. The van der Waals surface area contributed by atoms with Crippen molar-refractivity contribution in [2.75, 3.05) is 29.9 Å². The Morgan fingerprint density at radius 3 is 2.53 bits per heavy atom. The number of benzene rings is 2. The molecule has 3 aromatic rings. The number of carbonyl (C=O) groups is 3. The number of nitrogens with one attached hydrogen (secondary N) is 1. The van der Waals surface area contributed by atoms with E-state index in [4.69, 9.17) is 4.42 Å². The molecule has 0 unspecified atom stereocenters.